The average molecular weight is 281 g/mol. The van der Waals surface area contributed by atoms with Crippen molar-refractivity contribution in [3.05, 3.63) is 52.2 Å². The Labute approximate surface area is 115 Å². The highest BCUT2D eigenvalue weighted by Crippen LogP contribution is 2.16. The Morgan fingerprint density at radius 2 is 1.95 bits per heavy atom. The summed E-state index contributed by atoms with van der Waals surface area (Å²) in [5.41, 5.74) is -0.317. The fourth-order valence-electron chi connectivity index (χ4n) is 1.53. The third-order valence-corrected chi connectivity index (χ3v) is 2.79. The van der Waals surface area contributed by atoms with Gasteiger partial charge in [0, 0.05) is 12.4 Å². The minimum Gasteiger partial charge on any atom is -0.497 e. The molecule has 0 unspecified atom stereocenters. The SMILES string of the molecule is COc1ccc(OCCn2ccnc(Cl)c2=O)cc1. The number of nitrogens with zero attached hydrogens (tertiary/aromatic N) is 2. The molecule has 0 aliphatic heterocycles. The summed E-state index contributed by atoms with van der Waals surface area (Å²) in [5.74, 6) is 1.48. The first-order valence-corrected chi connectivity index (χ1v) is 6.06. The topological polar surface area (TPSA) is 53.4 Å². The Bertz CT molecular complexity index is 596. The van der Waals surface area contributed by atoms with Crippen molar-refractivity contribution in [2.75, 3.05) is 13.7 Å². The third kappa shape index (κ3) is 3.48. The van der Waals surface area contributed by atoms with Crippen molar-refractivity contribution in [3.8, 4) is 11.5 Å². The summed E-state index contributed by atoms with van der Waals surface area (Å²) < 4.78 is 12.0. The lowest BCUT2D eigenvalue weighted by atomic mass is 10.3. The van der Waals surface area contributed by atoms with Gasteiger partial charge < -0.3 is 14.0 Å². The standard InChI is InChI=1S/C13H13ClN2O3/c1-18-10-2-4-11(5-3-10)19-9-8-16-7-6-15-12(14)13(16)17/h2-7H,8-9H2,1H3. The first-order chi connectivity index (χ1) is 9.20. The average Bonchev–Trinajstić information content (AvgIpc) is 2.44. The lowest BCUT2D eigenvalue weighted by Gasteiger charge is -2.08. The zero-order chi connectivity index (χ0) is 13.7. The van der Waals surface area contributed by atoms with Gasteiger partial charge in [-0.3, -0.25) is 4.79 Å². The molecule has 5 nitrogen and oxygen atoms in total. The van der Waals surface area contributed by atoms with Gasteiger partial charge in [-0.25, -0.2) is 4.98 Å². The van der Waals surface area contributed by atoms with Crippen LogP contribution in [0.4, 0.5) is 0 Å². The van der Waals surface area contributed by atoms with E-state index in [1.807, 2.05) is 12.1 Å². The highest BCUT2D eigenvalue weighted by atomic mass is 35.5. The molecule has 2 aromatic rings. The van der Waals surface area contributed by atoms with Crippen molar-refractivity contribution >= 4 is 11.6 Å². The van der Waals surface area contributed by atoms with Crippen molar-refractivity contribution in [3.63, 3.8) is 0 Å². The van der Waals surface area contributed by atoms with E-state index < -0.39 is 0 Å². The molecule has 0 saturated heterocycles. The highest BCUT2D eigenvalue weighted by molar-refractivity contribution is 6.29. The molecule has 100 valence electrons. The van der Waals surface area contributed by atoms with Crippen molar-refractivity contribution < 1.29 is 9.47 Å². The molecule has 0 saturated carbocycles. The molecule has 0 fully saturated rings. The summed E-state index contributed by atoms with van der Waals surface area (Å²) in [4.78, 5) is 15.3. The molecule has 0 bridgehead atoms. The molecule has 6 heteroatoms. The van der Waals surface area contributed by atoms with Crippen LogP contribution in [0.5, 0.6) is 11.5 Å². The van der Waals surface area contributed by atoms with E-state index in [2.05, 4.69) is 4.98 Å². The number of methoxy groups -OCH3 is 1. The number of aromatic nitrogens is 2. The predicted molar refractivity (Wildman–Crippen MR) is 72.0 cm³/mol. The molecular weight excluding hydrogens is 268 g/mol. The van der Waals surface area contributed by atoms with E-state index in [1.54, 1.807) is 25.4 Å². The molecule has 1 aromatic carbocycles. The van der Waals surface area contributed by atoms with Crippen LogP contribution < -0.4 is 15.0 Å². The quantitative estimate of drug-likeness (QED) is 0.840. The van der Waals surface area contributed by atoms with Gasteiger partial charge in [0.15, 0.2) is 5.15 Å². The van der Waals surface area contributed by atoms with Gasteiger partial charge in [-0.1, -0.05) is 11.6 Å². The number of halogens is 1. The molecule has 0 aliphatic carbocycles. The number of hydrogen-bond acceptors (Lipinski definition) is 4. The Balaban J connectivity index is 1.92. The third-order valence-electron chi connectivity index (χ3n) is 2.53. The monoisotopic (exact) mass is 280 g/mol. The zero-order valence-corrected chi connectivity index (χ0v) is 11.1. The summed E-state index contributed by atoms with van der Waals surface area (Å²) in [5, 5.41) is -0.0352. The van der Waals surface area contributed by atoms with Gasteiger partial charge in [-0.05, 0) is 24.3 Å². The minimum atomic E-state index is -0.317. The van der Waals surface area contributed by atoms with E-state index in [1.165, 1.54) is 10.8 Å². The van der Waals surface area contributed by atoms with Crippen LogP contribution in [-0.4, -0.2) is 23.3 Å². The van der Waals surface area contributed by atoms with Gasteiger partial charge in [0.2, 0.25) is 0 Å². The Kier molecular flexibility index (Phi) is 4.41. The smallest absolute Gasteiger partial charge is 0.288 e. The lowest BCUT2D eigenvalue weighted by molar-refractivity contribution is 0.295. The molecule has 1 heterocycles. The molecule has 0 spiro atoms. The van der Waals surface area contributed by atoms with Crippen LogP contribution in [0.3, 0.4) is 0 Å². The van der Waals surface area contributed by atoms with E-state index in [0.717, 1.165) is 5.75 Å². The van der Waals surface area contributed by atoms with Gasteiger partial charge in [0.05, 0.1) is 13.7 Å². The summed E-state index contributed by atoms with van der Waals surface area (Å²) in [6.07, 6.45) is 3.06. The maximum Gasteiger partial charge on any atom is 0.288 e. The second kappa shape index (κ2) is 6.24. The highest BCUT2D eigenvalue weighted by Gasteiger charge is 2.01. The minimum absolute atomic E-state index is 0.0352. The Hall–Kier alpha value is -2.01. The van der Waals surface area contributed by atoms with Gasteiger partial charge in [0.1, 0.15) is 18.1 Å². The van der Waals surface area contributed by atoms with Gasteiger partial charge >= 0.3 is 0 Å². The van der Waals surface area contributed by atoms with Crippen molar-refractivity contribution in [1.29, 1.82) is 0 Å². The van der Waals surface area contributed by atoms with Crippen LogP contribution >= 0.6 is 11.6 Å². The van der Waals surface area contributed by atoms with Gasteiger partial charge in [-0.2, -0.15) is 0 Å². The van der Waals surface area contributed by atoms with Crippen molar-refractivity contribution in [1.82, 2.24) is 9.55 Å². The number of ether oxygens (including phenoxy) is 2. The van der Waals surface area contributed by atoms with E-state index >= 15 is 0 Å². The van der Waals surface area contributed by atoms with Crippen LogP contribution in [0.15, 0.2) is 41.5 Å². The van der Waals surface area contributed by atoms with E-state index in [-0.39, 0.29) is 10.7 Å². The molecule has 0 aliphatic rings. The molecule has 0 amide bonds. The number of hydrogen-bond donors (Lipinski definition) is 0. The van der Waals surface area contributed by atoms with Gasteiger partial charge in [0.25, 0.3) is 5.56 Å². The van der Waals surface area contributed by atoms with Crippen molar-refractivity contribution in [2.45, 2.75) is 6.54 Å². The molecule has 0 radical (unpaired) electrons. The summed E-state index contributed by atoms with van der Waals surface area (Å²) in [7, 11) is 1.61. The first-order valence-electron chi connectivity index (χ1n) is 5.68. The fraction of sp³-hybridized carbons (Fsp3) is 0.231. The number of rotatable bonds is 5. The summed E-state index contributed by atoms with van der Waals surface area (Å²) >= 11 is 5.64. The van der Waals surface area contributed by atoms with E-state index in [9.17, 15) is 4.79 Å². The Morgan fingerprint density at radius 3 is 2.63 bits per heavy atom. The molecule has 0 atom stereocenters. The molecular formula is C13H13ClN2O3. The molecule has 1 aromatic heterocycles. The second-order valence-electron chi connectivity index (χ2n) is 3.74. The van der Waals surface area contributed by atoms with E-state index in [0.29, 0.717) is 18.9 Å². The number of benzene rings is 1. The van der Waals surface area contributed by atoms with Crippen LogP contribution in [0.2, 0.25) is 5.15 Å². The Morgan fingerprint density at radius 1 is 1.26 bits per heavy atom. The van der Waals surface area contributed by atoms with Crippen LogP contribution in [-0.2, 0) is 6.54 Å². The normalized spacial score (nSPS) is 10.2. The first kappa shape index (κ1) is 13.4. The predicted octanol–water partition coefficient (Wildman–Crippen LogP) is 1.98. The second-order valence-corrected chi connectivity index (χ2v) is 4.10. The van der Waals surface area contributed by atoms with Crippen LogP contribution in [0.25, 0.3) is 0 Å². The van der Waals surface area contributed by atoms with Crippen molar-refractivity contribution in [2.24, 2.45) is 0 Å². The van der Waals surface area contributed by atoms with Gasteiger partial charge in [-0.15, -0.1) is 0 Å². The van der Waals surface area contributed by atoms with Crippen LogP contribution in [0, 0.1) is 0 Å². The lowest BCUT2D eigenvalue weighted by Crippen LogP contribution is -2.23. The zero-order valence-electron chi connectivity index (χ0n) is 10.4. The maximum absolute atomic E-state index is 11.6. The molecule has 0 N–H and O–H groups in total. The maximum atomic E-state index is 11.6. The largest absolute Gasteiger partial charge is 0.497 e. The molecule has 2 rings (SSSR count). The fourth-order valence-corrected chi connectivity index (χ4v) is 1.70. The summed E-state index contributed by atoms with van der Waals surface area (Å²) in [6, 6.07) is 7.23. The summed E-state index contributed by atoms with van der Waals surface area (Å²) in [6.45, 7) is 0.777. The van der Waals surface area contributed by atoms with Crippen LogP contribution in [0.1, 0.15) is 0 Å². The molecule has 19 heavy (non-hydrogen) atoms. The van der Waals surface area contributed by atoms with E-state index in [4.69, 9.17) is 21.1 Å².